The largest absolute Gasteiger partial charge is 0.497 e. The van der Waals surface area contributed by atoms with E-state index in [9.17, 15) is 9.59 Å². The predicted octanol–water partition coefficient (Wildman–Crippen LogP) is 2.36. The van der Waals surface area contributed by atoms with Crippen molar-refractivity contribution < 1.29 is 9.53 Å². The number of aromatic nitrogens is 3. The normalized spacial score (nSPS) is 12.1. The second kappa shape index (κ2) is 8.65. The lowest BCUT2D eigenvalue weighted by Crippen LogP contribution is -2.42. The van der Waals surface area contributed by atoms with Gasteiger partial charge in [0.05, 0.1) is 12.5 Å². The van der Waals surface area contributed by atoms with E-state index in [4.69, 9.17) is 4.74 Å². The van der Waals surface area contributed by atoms with Crippen molar-refractivity contribution in [2.75, 3.05) is 13.7 Å². The summed E-state index contributed by atoms with van der Waals surface area (Å²) in [6.45, 7) is 4.22. The van der Waals surface area contributed by atoms with Gasteiger partial charge in [0.2, 0.25) is 5.91 Å². The Labute approximate surface area is 163 Å². The Morgan fingerprint density at radius 2 is 1.96 bits per heavy atom. The van der Waals surface area contributed by atoms with Crippen LogP contribution in [0.2, 0.25) is 0 Å². The highest BCUT2D eigenvalue weighted by atomic mass is 16.5. The summed E-state index contributed by atoms with van der Waals surface area (Å²) in [6, 6.07) is 14.0. The Morgan fingerprint density at radius 1 is 1.18 bits per heavy atom. The van der Waals surface area contributed by atoms with Gasteiger partial charge in [0.1, 0.15) is 17.3 Å². The Kier molecular flexibility index (Phi) is 6.03. The number of amides is 1. The van der Waals surface area contributed by atoms with Crippen LogP contribution < -0.4 is 15.6 Å². The maximum absolute atomic E-state index is 12.8. The van der Waals surface area contributed by atoms with Crippen LogP contribution in [0.5, 0.6) is 5.75 Å². The highest BCUT2D eigenvalue weighted by Gasteiger charge is 2.27. The summed E-state index contributed by atoms with van der Waals surface area (Å²) in [6.07, 6.45) is 0.659. The Balaban J connectivity index is 1.76. The van der Waals surface area contributed by atoms with Crippen LogP contribution in [0.15, 0.2) is 53.3 Å². The highest BCUT2D eigenvalue weighted by Crippen LogP contribution is 2.16. The first-order chi connectivity index (χ1) is 13.5. The third-order valence-electron chi connectivity index (χ3n) is 4.60. The minimum absolute atomic E-state index is 0.120. The molecule has 1 amide bonds. The van der Waals surface area contributed by atoms with Gasteiger partial charge in [-0.25, -0.2) is 0 Å². The second-order valence-corrected chi connectivity index (χ2v) is 6.94. The molecule has 0 aliphatic carbocycles. The number of rotatable bonds is 7. The Bertz CT molecular complexity index is 1030. The number of carbonyl (C=O) groups is 1. The van der Waals surface area contributed by atoms with Gasteiger partial charge in [-0.1, -0.05) is 43.3 Å². The second-order valence-electron chi connectivity index (χ2n) is 6.94. The predicted molar refractivity (Wildman–Crippen MR) is 107 cm³/mol. The van der Waals surface area contributed by atoms with Crippen LogP contribution in [-0.4, -0.2) is 34.6 Å². The van der Waals surface area contributed by atoms with Crippen LogP contribution in [0.4, 0.5) is 0 Å². The lowest BCUT2D eigenvalue weighted by molar-refractivity contribution is -0.126. The van der Waals surface area contributed by atoms with Crippen molar-refractivity contribution in [3.8, 4) is 5.75 Å². The summed E-state index contributed by atoms with van der Waals surface area (Å²) in [5, 5.41) is 11.5. The molecule has 3 aromatic rings. The molecular weight excluding hydrogens is 356 g/mol. The summed E-state index contributed by atoms with van der Waals surface area (Å²) < 4.78 is 6.41. The zero-order chi connectivity index (χ0) is 20.1. The van der Waals surface area contributed by atoms with Crippen LogP contribution in [-0.2, 0) is 11.2 Å². The van der Waals surface area contributed by atoms with E-state index in [0.717, 1.165) is 11.3 Å². The van der Waals surface area contributed by atoms with Gasteiger partial charge in [-0.05, 0) is 42.2 Å². The number of benzene rings is 2. The lowest BCUT2D eigenvalue weighted by atomic mass is 10.0. The van der Waals surface area contributed by atoms with Crippen molar-refractivity contribution in [1.82, 2.24) is 20.3 Å². The van der Waals surface area contributed by atoms with Gasteiger partial charge in [-0.3, -0.25) is 9.59 Å². The number of hydrogen-bond donors (Lipinski definition) is 1. The molecule has 1 N–H and O–H groups in total. The monoisotopic (exact) mass is 380 g/mol. The average molecular weight is 380 g/mol. The summed E-state index contributed by atoms with van der Waals surface area (Å²) >= 11 is 0. The molecule has 0 saturated heterocycles. The van der Waals surface area contributed by atoms with Crippen molar-refractivity contribution in [1.29, 1.82) is 0 Å². The van der Waals surface area contributed by atoms with Gasteiger partial charge in [-0.2, -0.15) is 4.68 Å². The van der Waals surface area contributed by atoms with Crippen molar-refractivity contribution in [3.63, 3.8) is 0 Å². The van der Waals surface area contributed by atoms with Crippen molar-refractivity contribution in [2.45, 2.75) is 26.3 Å². The van der Waals surface area contributed by atoms with E-state index in [-0.39, 0.29) is 17.4 Å². The van der Waals surface area contributed by atoms with Gasteiger partial charge < -0.3 is 10.1 Å². The van der Waals surface area contributed by atoms with E-state index in [2.05, 4.69) is 15.6 Å². The van der Waals surface area contributed by atoms with E-state index in [1.807, 2.05) is 38.1 Å². The molecule has 2 aromatic carbocycles. The number of nitrogens with zero attached hydrogens (tertiary/aromatic N) is 3. The Hall–Kier alpha value is -3.22. The molecular formula is C21H24N4O3. The van der Waals surface area contributed by atoms with Gasteiger partial charge >= 0.3 is 0 Å². The molecule has 0 aliphatic rings. The highest BCUT2D eigenvalue weighted by molar-refractivity contribution is 5.81. The van der Waals surface area contributed by atoms with Gasteiger partial charge in [-0.15, -0.1) is 5.10 Å². The molecule has 1 aromatic heterocycles. The number of hydrogen-bond acceptors (Lipinski definition) is 5. The number of methoxy groups -OCH3 is 1. The zero-order valence-corrected chi connectivity index (χ0v) is 16.3. The quantitative estimate of drug-likeness (QED) is 0.680. The fraction of sp³-hybridized carbons (Fsp3) is 0.333. The van der Waals surface area contributed by atoms with Crippen LogP contribution in [0.3, 0.4) is 0 Å². The zero-order valence-electron chi connectivity index (χ0n) is 16.3. The molecule has 7 heteroatoms. The standard InChI is InChI=1S/C21H24N4O3/c1-14(2)19(25-21(27)17-9-4-5-10-18(17)23-24-25)20(26)22-12-11-15-7-6-8-16(13-15)28-3/h4-10,13-14,19H,11-12H2,1-3H3,(H,22,26)/t19-/m0/s1. The fourth-order valence-corrected chi connectivity index (χ4v) is 3.14. The van der Waals surface area contributed by atoms with E-state index < -0.39 is 6.04 Å². The van der Waals surface area contributed by atoms with Gasteiger partial charge in [0.15, 0.2) is 0 Å². The topological polar surface area (TPSA) is 86.1 Å². The number of fused-ring (bicyclic) bond motifs is 1. The van der Waals surface area contributed by atoms with Crippen LogP contribution in [0.25, 0.3) is 10.9 Å². The van der Waals surface area contributed by atoms with Crippen LogP contribution in [0.1, 0.15) is 25.5 Å². The van der Waals surface area contributed by atoms with Crippen molar-refractivity contribution >= 4 is 16.8 Å². The number of nitrogens with one attached hydrogen (secondary N) is 1. The maximum Gasteiger partial charge on any atom is 0.278 e. The minimum Gasteiger partial charge on any atom is -0.497 e. The molecule has 7 nitrogen and oxygen atoms in total. The smallest absolute Gasteiger partial charge is 0.278 e. The van der Waals surface area contributed by atoms with Gasteiger partial charge in [0, 0.05) is 6.54 Å². The molecule has 0 bridgehead atoms. The molecule has 0 saturated carbocycles. The maximum atomic E-state index is 12.8. The fourth-order valence-electron chi connectivity index (χ4n) is 3.14. The molecule has 28 heavy (non-hydrogen) atoms. The molecule has 3 rings (SSSR count). The third-order valence-corrected chi connectivity index (χ3v) is 4.60. The molecule has 0 radical (unpaired) electrons. The Morgan fingerprint density at radius 3 is 2.71 bits per heavy atom. The average Bonchev–Trinajstić information content (AvgIpc) is 2.70. The number of ether oxygens (including phenoxy) is 1. The summed E-state index contributed by atoms with van der Waals surface area (Å²) in [4.78, 5) is 25.6. The van der Waals surface area contributed by atoms with E-state index in [0.29, 0.717) is 23.9 Å². The minimum atomic E-state index is -0.727. The molecule has 0 fully saturated rings. The third kappa shape index (κ3) is 4.19. The number of carbonyl (C=O) groups excluding carboxylic acids is 1. The lowest BCUT2D eigenvalue weighted by Gasteiger charge is -2.21. The van der Waals surface area contributed by atoms with Crippen molar-refractivity contribution in [2.24, 2.45) is 5.92 Å². The first-order valence-corrected chi connectivity index (χ1v) is 9.26. The first kappa shape index (κ1) is 19.5. The van der Waals surface area contributed by atoms with Crippen LogP contribution >= 0.6 is 0 Å². The van der Waals surface area contributed by atoms with E-state index in [1.165, 1.54) is 4.68 Å². The van der Waals surface area contributed by atoms with Crippen LogP contribution in [0, 0.1) is 5.92 Å². The molecule has 0 unspecified atom stereocenters. The summed E-state index contributed by atoms with van der Waals surface area (Å²) in [7, 11) is 1.62. The van der Waals surface area contributed by atoms with E-state index in [1.54, 1.807) is 31.4 Å². The molecule has 146 valence electrons. The summed E-state index contributed by atoms with van der Waals surface area (Å²) in [5.74, 6) is 0.413. The SMILES string of the molecule is COc1cccc(CCNC(=O)[C@H](C(C)C)n2nnc3ccccc3c2=O)c1. The van der Waals surface area contributed by atoms with Crippen molar-refractivity contribution in [3.05, 3.63) is 64.4 Å². The molecule has 1 heterocycles. The molecule has 0 spiro atoms. The first-order valence-electron chi connectivity index (χ1n) is 9.26. The summed E-state index contributed by atoms with van der Waals surface area (Å²) in [5.41, 5.74) is 1.26. The van der Waals surface area contributed by atoms with E-state index >= 15 is 0 Å². The van der Waals surface area contributed by atoms with Gasteiger partial charge in [0.25, 0.3) is 5.56 Å². The molecule has 1 atom stereocenters. The molecule has 0 aliphatic heterocycles.